The van der Waals surface area contributed by atoms with Crippen LogP contribution in [0.1, 0.15) is 58.3 Å². The van der Waals surface area contributed by atoms with Crippen LogP contribution in [0.5, 0.6) is 0 Å². The van der Waals surface area contributed by atoms with Crippen molar-refractivity contribution in [2.75, 3.05) is 19.7 Å². The minimum absolute atomic E-state index is 0. The molecule has 26 heavy (non-hydrogen) atoms. The predicted molar refractivity (Wildman–Crippen MR) is 100 cm³/mol. The van der Waals surface area contributed by atoms with Crippen LogP contribution in [-0.4, -0.2) is 47.5 Å². The Morgan fingerprint density at radius 2 is 1.96 bits per heavy atom. The summed E-state index contributed by atoms with van der Waals surface area (Å²) in [6.07, 6.45) is 10.5. The SMILES string of the molecule is C=C1[C@@H]2CC[C@H]3[C@]45CCC[C@](C)([C@H]4CC[C@]3(C2)[C@H]1O)[C@H]1OCCN1C5.O. The molecule has 8 atom stereocenters. The smallest absolute Gasteiger partial charge is 0.116 e. The first-order valence-electron chi connectivity index (χ1n) is 10.7. The molecule has 4 nitrogen and oxygen atoms in total. The molecule has 0 radical (unpaired) electrons. The van der Waals surface area contributed by atoms with Crippen molar-refractivity contribution in [3.05, 3.63) is 12.2 Å². The molecule has 0 unspecified atom stereocenters. The first kappa shape index (κ1) is 17.7. The molecule has 0 amide bonds. The lowest BCUT2D eigenvalue weighted by Crippen LogP contribution is -2.70. The third kappa shape index (κ3) is 1.76. The molecule has 146 valence electrons. The van der Waals surface area contributed by atoms with Gasteiger partial charge >= 0.3 is 0 Å². The van der Waals surface area contributed by atoms with Crippen LogP contribution in [0.15, 0.2) is 12.2 Å². The van der Waals surface area contributed by atoms with E-state index in [-0.39, 0.29) is 17.0 Å². The Balaban J connectivity index is 0.00000150. The quantitative estimate of drug-likeness (QED) is 0.675. The number of hydrogen-bond donors (Lipinski definition) is 1. The number of rotatable bonds is 0. The summed E-state index contributed by atoms with van der Waals surface area (Å²) in [5, 5.41) is 11.3. The summed E-state index contributed by atoms with van der Waals surface area (Å²) < 4.78 is 6.29. The molecule has 4 bridgehead atoms. The van der Waals surface area contributed by atoms with E-state index in [0.717, 1.165) is 19.1 Å². The Labute approximate surface area is 157 Å². The topological polar surface area (TPSA) is 64.2 Å². The van der Waals surface area contributed by atoms with Crippen LogP contribution >= 0.6 is 0 Å². The largest absolute Gasteiger partial charge is 0.412 e. The van der Waals surface area contributed by atoms with Gasteiger partial charge in [0.15, 0.2) is 0 Å². The highest BCUT2D eigenvalue weighted by Crippen LogP contribution is 2.74. The average molecular weight is 362 g/mol. The van der Waals surface area contributed by atoms with E-state index in [2.05, 4.69) is 18.4 Å². The summed E-state index contributed by atoms with van der Waals surface area (Å²) in [5.74, 6) is 2.09. The van der Waals surface area contributed by atoms with Crippen molar-refractivity contribution in [1.29, 1.82) is 0 Å². The van der Waals surface area contributed by atoms with Crippen molar-refractivity contribution in [3.8, 4) is 0 Å². The van der Waals surface area contributed by atoms with Crippen LogP contribution in [0.2, 0.25) is 0 Å². The van der Waals surface area contributed by atoms with Crippen molar-refractivity contribution in [2.45, 2.75) is 70.6 Å². The van der Waals surface area contributed by atoms with Gasteiger partial charge in [0, 0.05) is 23.9 Å². The molecule has 0 aromatic rings. The van der Waals surface area contributed by atoms with Gasteiger partial charge in [0.1, 0.15) is 6.23 Å². The zero-order chi connectivity index (χ0) is 17.0. The van der Waals surface area contributed by atoms with Gasteiger partial charge in [-0.05, 0) is 73.7 Å². The number of fused-ring (bicyclic) bond motifs is 3. The summed E-state index contributed by atoms with van der Waals surface area (Å²) in [5.41, 5.74) is 2.08. The minimum atomic E-state index is -0.235. The number of aliphatic hydroxyl groups is 1. The van der Waals surface area contributed by atoms with Crippen molar-refractivity contribution in [3.63, 3.8) is 0 Å². The second kappa shape index (κ2) is 5.34. The molecule has 6 aliphatic rings. The fourth-order valence-corrected chi connectivity index (χ4v) is 9.34. The summed E-state index contributed by atoms with van der Waals surface area (Å²) in [6.45, 7) is 10.1. The van der Waals surface area contributed by atoms with Crippen LogP contribution in [0, 0.1) is 34.0 Å². The lowest BCUT2D eigenvalue weighted by Gasteiger charge is -2.70. The van der Waals surface area contributed by atoms with Crippen molar-refractivity contribution < 1.29 is 15.3 Å². The lowest BCUT2D eigenvalue weighted by atomic mass is 9.38. The van der Waals surface area contributed by atoms with Crippen LogP contribution in [0.3, 0.4) is 0 Å². The standard InChI is InChI=1S/C22H33NO2.H2O/c1-14-15-4-5-17-21(12-15,18(14)24)9-6-16-20(2)7-3-8-22(16,17)13-23-10-11-25-19(20)23;/h15-19,24H,1,3-13H2,2H3;1H2/t15-,16-,17-,18+,19-,20-,21-,22+;/m1./s1. The van der Waals surface area contributed by atoms with Crippen LogP contribution in [0.4, 0.5) is 0 Å². The zero-order valence-electron chi connectivity index (χ0n) is 16.2. The van der Waals surface area contributed by atoms with Crippen molar-refractivity contribution >= 4 is 0 Å². The van der Waals surface area contributed by atoms with Gasteiger partial charge in [0.05, 0.1) is 12.7 Å². The van der Waals surface area contributed by atoms with E-state index in [0.29, 0.717) is 28.9 Å². The lowest BCUT2D eigenvalue weighted by molar-refractivity contribution is -0.259. The molecule has 2 aliphatic heterocycles. The van der Waals surface area contributed by atoms with Crippen LogP contribution in [-0.2, 0) is 4.74 Å². The summed E-state index contributed by atoms with van der Waals surface area (Å²) in [4.78, 5) is 2.69. The molecule has 4 aliphatic carbocycles. The fraction of sp³-hybridized carbons (Fsp3) is 0.909. The number of piperidine rings is 1. The predicted octanol–water partition coefficient (Wildman–Crippen LogP) is 2.75. The van der Waals surface area contributed by atoms with Crippen LogP contribution in [0.25, 0.3) is 0 Å². The first-order valence-corrected chi connectivity index (χ1v) is 10.7. The van der Waals surface area contributed by atoms with E-state index >= 15 is 0 Å². The van der Waals surface area contributed by atoms with E-state index in [1.807, 2.05) is 0 Å². The molecular formula is C22H35NO3. The van der Waals surface area contributed by atoms with E-state index in [9.17, 15) is 5.11 Å². The second-order valence-electron chi connectivity index (χ2n) is 10.6. The molecule has 4 heteroatoms. The molecule has 6 rings (SSSR count). The van der Waals surface area contributed by atoms with Crippen molar-refractivity contribution in [1.82, 2.24) is 4.90 Å². The molecule has 2 heterocycles. The molecule has 0 aromatic heterocycles. The minimum Gasteiger partial charge on any atom is -0.412 e. The van der Waals surface area contributed by atoms with Crippen molar-refractivity contribution in [2.24, 2.45) is 34.0 Å². The molecule has 3 N–H and O–H groups in total. The maximum atomic E-state index is 11.3. The Bertz CT molecular complexity index is 637. The Hall–Kier alpha value is -0.420. The third-order valence-electron chi connectivity index (χ3n) is 10.0. The van der Waals surface area contributed by atoms with E-state index in [1.54, 1.807) is 0 Å². The van der Waals surface area contributed by atoms with Crippen LogP contribution < -0.4 is 0 Å². The van der Waals surface area contributed by atoms with Gasteiger partial charge < -0.3 is 15.3 Å². The first-order chi connectivity index (χ1) is 12.0. The van der Waals surface area contributed by atoms with Gasteiger partial charge in [-0.15, -0.1) is 0 Å². The van der Waals surface area contributed by atoms with E-state index in [1.165, 1.54) is 63.5 Å². The monoisotopic (exact) mass is 361 g/mol. The van der Waals surface area contributed by atoms with Gasteiger partial charge in [-0.3, -0.25) is 4.90 Å². The number of ether oxygens (including phenoxy) is 1. The Morgan fingerprint density at radius 3 is 2.81 bits per heavy atom. The van der Waals surface area contributed by atoms with Gasteiger partial charge in [-0.2, -0.15) is 0 Å². The zero-order valence-corrected chi connectivity index (χ0v) is 16.2. The molecule has 6 fully saturated rings. The maximum absolute atomic E-state index is 11.3. The molecule has 2 saturated heterocycles. The normalized spacial score (nSPS) is 57.8. The number of hydrogen-bond acceptors (Lipinski definition) is 3. The third-order valence-corrected chi connectivity index (χ3v) is 10.0. The van der Waals surface area contributed by atoms with Gasteiger partial charge in [-0.1, -0.05) is 19.9 Å². The highest BCUT2D eigenvalue weighted by atomic mass is 16.5. The summed E-state index contributed by atoms with van der Waals surface area (Å²) in [7, 11) is 0. The Kier molecular flexibility index (Phi) is 3.63. The fourth-order valence-electron chi connectivity index (χ4n) is 9.34. The highest BCUT2D eigenvalue weighted by Gasteiger charge is 2.71. The Morgan fingerprint density at radius 1 is 1.12 bits per heavy atom. The van der Waals surface area contributed by atoms with Gasteiger partial charge in [0.25, 0.3) is 0 Å². The highest BCUT2D eigenvalue weighted by molar-refractivity contribution is 5.28. The molecule has 4 saturated carbocycles. The van der Waals surface area contributed by atoms with Gasteiger partial charge in [-0.25, -0.2) is 0 Å². The van der Waals surface area contributed by atoms with E-state index < -0.39 is 0 Å². The summed E-state index contributed by atoms with van der Waals surface area (Å²) >= 11 is 0. The number of nitrogens with zero attached hydrogens (tertiary/aromatic N) is 1. The van der Waals surface area contributed by atoms with E-state index in [4.69, 9.17) is 4.74 Å². The molecule has 1 spiro atoms. The average Bonchev–Trinajstić information content (AvgIpc) is 3.13. The second-order valence-corrected chi connectivity index (χ2v) is 10.6. The summed E-state index contributed by atoms with van der Waals surface area (Å²) in [6, 6.07) is 0. The maximum Gasteiger partial charge on any atom is 0.116 e. The van der Waals surface area contributed by atoms with Gasteiger partial charge in [0.2, 0.25) is 0 Å². The molecular weight excluding hydrogens is 326 g/mol. The number of aliphatic hydroxyl groups excluding tert-OH is 1. The molecule has 0 aromatic carbocycles.